The summed E-state index contributed by atoms with van der Waals surface area (Å²) in [5.41, 5.74) is 2.49. The van der Waals surface area contributed by atoms with Crippen molar-refractivity contribution in [1.82, 2.24) is 5.16 Å². The van der Waals surface area contributed by atoms with Crippen molar-refractivity contribution in [2.24, 2.45) is 0 Å². The third kappa shape index (κ3) is 1.93. The summed E-state index contributed by atoms with van der Waals surface area (Å²) < 4.78 is 5.39. The van der Waals surface area contributed by atoms with E-state index < -0.39 is 0 Å². The highest BCUT2D eigenvalue weighted by molar-refractivity contribution is 5.27. The van der Waals surface area contributed by atoms with Gasteiger partial charge < -0.3 is 4.52 Å². The van der Waals surface area contributed by atoms with E-state index in [1.54, 1.807) is 0 Å². The summed E-state index contributed by atoms with van der Waals surface area (Å²) in [7, 11) is 0. The van der Waals surface area contributed by atoms with E-state index in [0.29, 0.717) is 0 Å². The molecule has 74 valence electrons. The van der Waals surface area contributed by atoms with Crippen LogP contribution in [-0.4, -0.2) is 5.16 Å². The first-order valence-electron chi connectivity index (χ1n) is 4.98. The Kier molecular flexibility index (Phi) is 2.79. The lowest BCUT2D eigenvalue weighted by molar-refractivity contribution is 0.324. The van der Waals surface area contributed by atoms with Crippen molar-refractivity contribution in [1.29, 1.82) is 0 Å². The van der Waals surface area contributed by atoms with Crippen LogP contribution >= 0.6 is 0 Å². The number of rotatable bonds is 2. The highest BCUT2D eigenvalue weighted by Crippen LogP contribution is 2.28. The third-order valence-electron chi connectivity index (χ3n) is 2.24. The Morgan fingerprint density at radius 3 is 2.15 bits per heavy atom. The summed E-state index contributed by atoms with van der Waals surface area (Å²) >= 11 is 0. The maximum absolute atomic E-state index is 5.39. The van der Waals surface area contributed by atoms with Gasteiger partial charge in [-0.1, -0.05) is 39.8 Å². The summed E-state index contributed by atoms with van der Waals surface area (Å²) in [6.07, 6.45) is 1.97. The summed E-state index contributed by atoms with van der Waals surface area (Å²) in [5, 5.41) is 4.10. The van der Waals surface area contributed by atoms with Gasteiger partial charge in [-0.2, -0.15) is 0 Å². The molecule has 0 N–H and O–H groups in total. The molecule has 1 heterocycles. The summed E-state index contributed by atoms with van der Waals surface area (Å²) in [6, 6.07) is 0. The summed E-state index contributed by atoms with van der Waals surface area (Å²) in [6.45, 7) is 10.7. The monoisotopic (exact) mass is 181 g/mol. The molecule has 2 heteroatoms. The lowest BCUT2D eigenvalue weighted by Gasteiger charge is -2.15. The summed E-state index contributed by atoms with van der Waals surface area (Å²) in [4.78, 5) is 0. The van der Waals surface area contributed by atoms with Crippen LogP contribution < -0.4 is 0 Å². The molecule has 0 amide bonds. The highest BCUT2D eigenvalue weighted by Gasteiger charge is 2.24. The van der Waals surface area contributed by atoms with Gasteiger partial charge in [0.2, 0.25) is 0 Å². The molecule has 0 aliphatic heterocycles. The third-order valence-corrected chi connectivity index (χ3v) is 2.24. The molecule has 0 fully saturated rings. The van der Waals surface area contributed by atoms with E-state index in [2.05, 4.69) is 39.8 Å². The molecule has 0 radical (unpaired) electrons. The maximum Gasteiger partial charge on any atom is 0.145 e. The molecule has 2 nitrogen and oxygen atoms in total. The normalized spacial score (nSPS) is 12.1. The molecular weight excluding hydrogens is 162 g/mol. The van der Waals surface area contributed by atoms with Gasteiger partial charge in [-0.3, -0.25) is 0 Å². The zero-order chi connectivity index (χ0) is 10.1. The maximum atomic E-state index is 5.39. The Hall–Kier alpha value is -0.790. The van der Waals surface area contributed by atoms with Gasteiger partial charge in [0.15, 0.2) is 0 Å². The minimum Gasteiger partial charge on any atom is -0.360 e. The van der Waals surface area contributed by atoms with Crippen LogP contribution in [0.5, 0.6) is 0 Å². The van der Waals surface area contributed by atoms with E-state index in [9.17, 15) is 0 Å². The minimum atomic E-state index is 0.0752. The number of nitrogens with zero attached hydrogens (tertiary/aromatic N) is 1. The Labute approximate surface area is 80.3 Å². The highest BCUT2D eigenvalue weighted by atomic mass is 16.5. The zero-order valence-electron chi connectivity index (χ0n) is 9.27. The van der Waals surface area contributed by atoms with Gasteiger partial charge in [0.05, 0.1) is 5.69 Å². The Bertz CT molecular complexity index is 281. The lowest BCUT2D eigenvalue weighted by Crippen LogP contribution is -2.12. The fraction of sp³-hybridized carbons (Fsp3) is 0.727. The van der Waals surface area contributed by atoms with E-state index in [4.69, 9.17) is 4.52 Å². The average molecular weight is 181 g/mol. The second-order valence-corrected chi connectivity index (χ2v) is 4.39. The second-order valence-electron chi connectivity index (χ2n) is 4.39. The van der Waals surface area contributed by atoms with Crippen LogP contribution in [0.15, 0.2) is 4.52 Å². The van der Waals surface area contributed by atoms with Crippen molar-refractivity contribution < 1.29 is 4.52 Å². The van der Waals surface area contributed by atoms with Gasteiger partial charge in [0, 0.05) is 11.0 Å². The molecule has 0 aliphatic carbocycles. The zero-order valence-corrected chi connectivity index (χ0v) is 9.27. The van der Waals surface area contributed by atoms with Gasteiger partial charge in [-0.05, 0) is 12.8 Å². The van der Waals surface area contributed by atoms with E-state index in [0.717, 1.165) is 24.3 Å². The fourth-order valence-corrected chi connectivity index (χ4v) is 1.57. The van der Waals surface area contributed by atoms with Crippen LogP contribution in [-0.2, 0) is 18.3 Å². The van der Waals surface area contributed by atoms with Crippen LogP contribution in [0.4, 0.5) is 0 Å². The predicted molar refractivity (Wildman–Crippen MR) is 54.0 cm³/mol. The average Bonchev–Trinajstić information content (AvgIpc) is 2.45. The van der Waals surface area contributed by atoms with Gasteiger partial charge in [0.1, 0.15) is 5.76 Å². The van der Waals surface area contributed by atoms with Crippen molar-refractivity contribution in [2.75, 3.05) is 0 Å². The minimum absolute atomic E-state index is 0.0752. The van der Waals surface area contributed by atoms with Gasteiger partial charge >= 0.3 is 0 Å². The SMILES string of the molecule is CCc1noc(C(C)(C)C)c1CC. The van der Waals surface area contributed by atoms with Crippen molar-refractivity contribution in [3.63, 3.8) is 0 Å². The largest absolute Gasteiger partial charge is 0.360 e. The molecule has 1 aromatic heterocycles. The molecular formula is C11H19NO. The van der Waals surface area contributed by atoms with Gasteiger partial charge in [-0.25, -0.2) is 0 Å². The van der Waals surface area contributed by atoms with Gasteiger partial charge in [0.25, 0.3) is 0 Å². The van der Waals surface area contributed by atoms with Crippen LogP contribution in [0.2, 0.25) is 0 Å². The van der Waals surface area contributed by atoms with Crippen molar-refractivity contribution in [2.45, 2.75) is 52.9 Å². The number of hydrogen-bond donors (Lipinski definition) is 0. The first-order chi connectivity index (χ1) is 6.00. The predicted octanol–water partition coefficient (Wildman–Crippen LogP) is 3.10. The molecule has 1 rings (SSSR count). The van der Waals surface area contributed by atoms with E-state index in [-0.39, 0.29) is 5.41 Å². The molecule has 0 saturated heterocycles. The molecule has 0 unspecified atom stereocenters. The Balaban J connectivity index is 3.16. The van der Waals surface area contributed by atoms with E-state index in [1.807, 2.05) is 0 Å². The van der Waals surface area contributed by atoms with Crippen molar-refractivity contribution >= 4 is 0 Å². The lowest BCUT2D eigenvalue weighted by atomic mass is 9.88. The molecule has 1 aromatic rings. The Morgan fingerprint density at radius 2 is 1.77 bits per heavy atom. The smallest absolute Gasteiger partial charge is 0.145 e. The van der Waals surface area contributed by atoms with Gasteiger partial charge in [-0.15, -0.1) is 0 Å². The second kappa shape index (κ2) is 3.52. The number of hydrogen-bond acceptors (Lipinski definition) is 2. The van der Waals surface area contributed by atoms with Crippen LogP contribution in [0.1, 0.15) is 51.6 Å². The number of aromatic nitrogens is 1. The standard InChI is InChI=1S/C11H19NO/c1-6-8-9(7-2)12-13-10(8)11(3,4)5/h6-7H2,1-5H3. The molecule has 13 heavy (non-hydrogen) atoms. The summed E-state index contributed by atoms with van der Waals surface area (Å²) in [5.74, 6) is 1.05. The fourth-order valence-electron chi connectivity index (χ4n) is 1.57. The molecule has 0 aliphatic rings. The molecule has 0 spiro atoms. The van der Waals surface area contributed by atoms with Crippen molar-refractivity contribution in [3.8, 4) is 0 Å². The quantitative estimate of drug-likeness (QED) is 0.700. The van der Waals surface area contributed by atoms with Crippen LogP contribution in [0, 0.1) is 0 Å². The number of aryl methyl sites for hydroxylation is 1. The molecule has 0 bridgehead atoms. The van der Waals surface area contributed by atoms with Crippen LogP contribution in [0.25, 0.3) is 0 Å². The Morgan fingerprint density at radius 1 is 1.15 bits per heavy atom. The van der Waals surface area contributed by atoms with E-state index >= 15 is 0 Å². The topological polar surface area (TPSA) is 26.0 Å². The molecule has 0 aromatic carbocycles. The first kappa shape index (κ1) is 10.3. The molecule has 0 saturated carbocycles. The van der Waals surface area contributed by atoms with E-state index in [1.165, 1.54) is 5.56 Å². The van der Waals surface area contributed by atoms with Crippen LogP contribution in [0.3, 0.4) is 0 Å². The molecule has 0 atom stereocenters. The first-order valence-corrected chi connectivity index (χ1v) is 4.98. The van der Waals surface area contributed by atoms with Crippen molar-refractivity contribution in [3.05, 3.63) is 17.0 Å².